The third kappa shape index (κ3) is 2.98. The molecule has 0 saturated heterocycles. The summed E-state index contributed by atoms with van der Waals surface area (Å²) >= 11 is 0. The van der Waals surface area contributed by atoms with Gasteiger partial charge in [0, 0.05) is 0 Å². The molecule has 88 valence electrons. The molecule has 0 unspecified atom stereocenters. The molecule has 1 N–H and O–H groups in total. The number of hydrogen-bond acceptors (Lipinski definition) is 1. The number of para-hydroxylation sites is 2. The van der Waals surface area contributed by atoms with Crippen molar-refractivity contribution in [1.29, 1.82) is 0 Å². The number of halogens is 1. The molecule has 0 aromatic heterocycles. The van der Waals surface area contributed by atoms with Crippen LogP contribution in [-0.2, 0) is 0 Å². The molecule has 0 aliphatic heterocycles. The van der Waals surface area contributed by atoms with E-state index < -0.39 is 6.09 Å². The first-order valence-corrected chi connectivity index (χ1v) is 4.92. The van der Waals surface area contributed by atoms with Crippen molar-refractivity contribution in [2.75, 3.05) is 4.90 Å². The number of carboxylic acid groups (broad SMARTS) is 1. The van der Waals surface area contributed by atoms with E-state index in [4.69, 9.17) is 0 Å². The molecule has 2 aromatic rings. The molecular formula is C13H12ClNO2. The van der Waals surface area contributed by atoms with Crippen molar-refractivity contribution < 1.29 is 9.90 Å². The van der Waals surface area contributed by atoms with E-state index in [-0.39, 0.29) is 12.4 Å². The predicted molar refractivity (Wildman–Crippen MR) is 70.3 cm³/mol. The van der Waals surface area contributed by atoms with E-state index in [1.807, 2.05) is 36.4 Å². The fourth-order valence-corrected chi connectivity index (χ4v) is 1.52. The van der Waals surface area contributed by atoms with Gasteiger partial charge in [-0.25, -0.2) is 9.69 Å². The van der Waals surface area contributed by atoms with Gasteiger partial charge < -0.3 is 5.11 Å². The Bertz CT molecular complexity index is 434. The van der Waals surface area contributed by atoms with Gasteiger partial charge in [0.2, 0.25) is 0 Å². The Labute approximate surface area is 106 Å². The lowest BCUT2D eigenvalue weighted by atomic mass is 10.2. The van der Waals surface area contributed by atoms with Gasteiger partial charge in [0.15, 0.2) is 0 Å². The summed E-state index contributed by atoms with van der Waals surface area (Å²) in [6.45, 7) is 0. The number of nitrogens with zero attached hydrogens (tertiary/aromatic N) is 1. The normalized spacial score (nSPS) is 9.18. The summed E-state index contributed by atoms with van der Waals surface area (Å²) in [5, 5.41) is 9.21. The third-order valence-electron chi connectivity index (χ3n) is 2.22. The monoisotopic (exact) mass is 249 g/mol. The molecule has 0 fully saturated rings. The summed E-state index contributed by atoms with van der Waals surface area (Å²) in [5.74, 6) is 0. The number of benzene rings is 2. The molecule has 3 nitrogen and oxygen atoms in total. The highest BCUT2D eigenvalue weighted by atomic mass is 35.5. The maximum Gasteiger partial charge on any atom is 0.416 e. The second-order valence-corrected chi connectivity index (χ2v) is 3.29. The minimum absolute atomic E-state index is 0. The molecule has 0 bridgehead atoms. The van der Waals surface area contributed by atoms with Gasteiger partial charge in [0.05, 0.1) is 11.4 Å². The predicted octanol–water partition coefficient (Wildman–Crippen LogP) is 3.92. The minimum atomic E-state index is -0.989. The standard InChI is InChI=1S/C13H11NO2.ClH/c15-13(16)14(11-7-3-1-4-8-11)12-9-5-2-6-10-12;/h1-10H,(H,15,16);1H. The van der Waals surface area contributed by atoms with E-state index in [2.05, 4.69) is 0 Å². The average molecular weight is 250 g/mol. The Balaban J connectivity index is 0.00000144. The zero-order valence-electron chi connectivity index (χ0n) is 8.98. The Hall–Kier alpha value is -2.00. The topological polar surface area (TPSA) is 40.5 Å². The lowest BCUT2D eigenvalue weighted by molar-refractivity contribution is 0.205. The van der Waals surface area contributed by atoms with E-state index in [0.29, 0.717) is 11.4 Å². The molecule has 0 heterocycles. The third-order valence-corrected chi connectivity index (χ3v) is 2.22. The Morgan fingerprint density at radius 2 is 1.18 bits per heavy atom. The first-order chi connectivity index (χ1) is 7.79. The zero-order valence-corrected chi connectivity index (χ0v) is 9.80. The van der Waals surface area contributed by atoms with Crippen molar-refractivity contribution in [2.24, 2.45) is 0 Å². The summed E-state index contributed by atoms with van der Waals surface area (Å²) in [4.78, 5) is 12.5. The second-order valence-electron chi connectivity index (χ2n) is 3.29. The molecule has 4 heteroatoms. The van der Waals surface area contributed by atoms with Gasteiger partial charge >= 0.3 is 6.09 Å². The zero-order chi connectivity index (χ0) is 11.4. The largest absolute Gasteiger partial charge is 0.464 e. The Kier molecular flexibility index (Phi) is 4.55. The van der Waals surface area contributed by atoms with Crippen LogP contribution in [0.3, 0.4) is 0 Å². The van der Waals surface area contributed by atoms with Crippen molar-refractivity contribution in [3.8, 4) is 0 Å². The lowest BCUT2D eigenvalue weighted by Gasteiger charge is -2.18. The number of rotatable bonds is 2. The van der Waals surface area contributed by atoms with E-state index in [1.165, 1.54) is 4.90 Å². The molecular weight excluding hydrogens is 238 g/mol. The van der Waals surface area contributed by atoms with Gasteiger partial charge in [-0.1, -0.05) is 36.4 Å². The van der Waals surface area contributed by atoms with Gasteiger partial charge in [-0.3, -0.25) is 0 Å². The van der Waals surface area contributed by atoms with Crippen molar-refractivity contribution in [3.05, 3.63) is 60.7 Å². The summed E-state index contributed by atoms with van der Waals surface area (Å²) in [5.41, 5.74) is 1.28. The quantitative estimate of drug-likeness (QED) is 0.876. The Morgan fingerprint density at radius 3 is 1.47 bits per heavy atom. The van der Waals surface area contributed by atoms with Gasteiger partial charge in [0.25, 0.3) is 0 Å². The van der Waals surface area contributed by atoms with Crippen molar-refractivity contribution in [1.82, 2.24) is 0 Å². The van der Waals surface area contributed by atoms with Crippen LogP contribution < -0.4 is 4.90 Å². The fraction of sp³-hybridized carbons (Fsp3) is 0. The number of carbonyl (C=O) groups is 1. The first kappa shape index (κ1) is 13.1. The molecule has 1 amide bonds. The second kappa shape index (κ2) is 5.92. The summed E-state index contributed by atoms with van der Waals surface area (Å²) in [6.07, 6.45) is -0.989. The van der Waals surface area contributed by atoms with Gasteiger partial charge in [0.1, 0.15) is 0 Å². The summed E-state index contributed by atoms with van der Waals surface area (Å²) in [6, 6.07) is 18.0. The highest BCUT2D eigenvalue weighted by molar-refractivity contribution is 5.94. The molecule has 0 aliphatic rings. The molecule has 0 saturated carbocycles. The lowest BCUT2D eigenvalue weighted by Crippen LogP contribution is -2.23. The van der Waals surface area contributed by atoms with E-state index in [0.717, 1.165) is 0 Å². The number of amides is 1. The van der Waals surface area contributed by atoms with Gasteiger partial charge in [-0.05, 0) is 24.3 Å². The summed E-state index contributed by atoms with van der Waals surface area (Å²) in [7, 11) is 0. The van der Waals surface area contributed by atoms with Crippen LogP contribution in [0.2, 0.25) is 0 Å². The minimum Gasteiger partial charge on any atom is -0.464 e. The highest BCUT2D eigenvalue weighted by Gasteiger charge is 2.15. The maximum atomic E-state index is 11.2. The van der Waals surface area contributed by atoms with E-state index >= 15 is 0 Å². The molecule has 2 aromatic carbocycles. The summed E-state index contributed by atoms with van der Waals surface area (Å²) < 4.78 is 0. The van der Waals surface area contributed by atoms with Gasteiger partial charge in [-0.15, -0.1) is 12.4 Å². The molecule has 0 atom stereocenters. The van der Waals surface area contributed by atoms with Crippen molar-refractivity contribution >= 4 is 29.9 Å². The van der Waals surface area contributed by atoms with Crippen molar-refractivity contribution in [3.63, 3.8) is 0 Å². The van der Waals surface area contributed by atoms with Crippen molar-refractivity contribution in [2.45, 2.75) is 0 Å². The molecule has 0 radical (unpaired) electrons. The van der Waals surface area contributed by atoms with Crippen LogP contribution in [0.15, 0.2) is 60.7 Å². The van der Waals surface area contributed by atoms with Crippen LogP contribution in [-0.4, -0.2) is 11.2 Å². The van der Waals surface area contributed by atoms with Crippen LogP contribution >= 0.6 is 12.4 Å². The van der Waals surface area contributed by atoms with Crippen LogP contribution in [0, 0.1) is 0 Å². The maximum absolute atomic E-state index is 11.2. The molecule has 17 heavy (non-hydrogen) atoms. The van der Waals surface area contributed by atoms with Crippen LogP contribution in [0.5, 0.6) is 0 Å². The van der Waals surface area contributed by atoms with Crippen LogP contribution in [0.4, 0.5) is 16.2 Å². The first-order valence-electron chi connectivity index (χ1n) is 4.92. The van der Waals surface area contributed by atoms with Gasteiger partial charge in [-0.2, -0.15) is 0 Å². The highest BCUT2D eigenvalue weighted by Crippen LogP contribution is 2.24. The van der Waals surface area contributed by atoms with Crippen LogP contribution in [0.1, 0.15) is 0 Å². The fourth-order valence-electron chi connectivity index (χ4n) is 1.52. The molecule has 0 aliphatic carbocycles. The SMILES string of the molecule is Cl.O=C(O)N(c1ccccc1)c1ccccc1. The van der Waals surface area contributed by atoms with Crippen LogP contribution in [0.25, 0.3) is 0 Å². The smallest absolute Gasteiger partial charge is 0.416 e. The number of anilines is 2. The van der Waals surface area contributed by atoms with E-state index in [1.54, 1.807) is 24.3 Å². The molecule has 2 rings (SSSR count). The molecule has 0 spiro atoms. The number of hydrogen-bond donors (Lipinski definition) is 1. The van der Waals surface area contributed by atoms with E-state index in [9.17, 15) is 9.90 Å². The average Bonchev–Trinajstić information content (AvgIpc) is 2.31. The Morgan fingerprint density at radius 1 is 0.824 bits per heavy atom.